The van der Waals surface area contributed by atoms with Gasteiger partial charge in [0.15, 0.2) is 0 Å². The molecule has 0 rings (SSSR count). The molecular formula is C10H16Cl2O7. The lowest BCUT2D eigenvalue weighted by Crippen LogP contribution is -2.13. The van der Waals surface area contributed by atoms with Gasteiger partial charge in [0.05, 0.1) is 39.6 Å². The Balaban J connectivity index is 2.99. The molecule has 9 heteroatoms. The second kappa shape index (κ2) is 13.8. The molecule has 19 heavy (non-hydrogen) atoms. The lowest BCUT2D eigenvalue weighted by atomic mass is 10.7. The summed E-state index contributed by atoms with van der Waals surface area (Å²) in [6, 6.07) is 0. The molecule has 0 unspecified atom stereocenters. The molecule has 0 saturated heterocycles. The Labute approximate surface area is 121 Å². The highest BCUT2D eigenvalue weighted by atomic mass is 35.5. The highest BCUT2D eigenvalue weighted by molar-refractivity contribution is 6.61. The summed E-state index contributed by atoms with van der Waals surface area (Å²) in [7, 11) is 0. The molecule has 0 aromatic carbocycles. The van der Waals surface area contributed by atoms with E-state index in [4.69, 9.17) is 37.4 Å². The largest absolute Gasteiger partial charge is 0.451 e. The summed E-state index contributed by atoms with van der Waals surface area (Å²) < 4.78 is 24.2. The van der Waals surface area contributed by atoms with Gasteiger partial charge in [-0.05, 0) is 0 Å². The first kappa shape index (κ1) is 18.4. The van der Waals surface area contributed by atoms with Gasteiger partial charge in [-0.1, -0.05) is 0 Å². The average molecular weight is 319 g/mol. The van der Waals surface area contributed by atoms with Crippen LogP contribution in [0.3, 0.4) is 0 Å². The Morgan fingerprint density at radius 1 is 0.579 bits per heavy atom. The van der Waals surface area contributed by atoms with Crippen molar-refractivity contribution >= 4 is 34.1 Å². The molecule has 0 aromatic heterocycles. The van der Waals surface area contributed by atoms with Crippen molar-refractivity contribution < 1.29 is 33.3 Å². The maximum atomic E-state index is 10.2. The molecule has 0 amide bonds. The second-order valence-electron chi connectivity index (χ2n) is 3.01. The van der Waals surface area contributed by atoms with Crippen LogP contribution in [0.4, 0.5) is 9.59 Å². The van der Waals surface area contributed by atoms with Gasteiger partial charge in [0.2, 0.25) is 0 Å². The van der Waals surface area contributed by atoms with Gasteiger partial charge in [-0.3, -0.25) is 0 Å². The molecule has 0 spiro atoms. The first-order valence-electron chi connectivity index (χ1n) is 5.50. The van der Waals surface area contributed by atoms with Crippen molar-refractivity contribution in [3.05, 3.63) is 0 Å². The monoisotopic (exact) mass is 318 g/mol. The third-order valence-corrected chi connectivity index (χ3v) is 1.85. The normalized spacial score (nSPS) is 10.2. The van der Waals surface area contributed by atoms with Crippen molar-refractivity contribution in [3.63, 3.8) is 0 Å². The lowest BCUT2D eigenvalue weighted by Gasteiger charge is -2.06. The molecule has 7 nitrogen and oxygen atoms in total. The lowest BCUT2D eigenvalue weighted by molar-refractivity contribution is 0.00133. The van der Waals surface area contributed by atoms with E-state index < -0.39 is 10.9 Å². The van der Waals surface area contributed by atoms with Crippen LogP contribution in [0.15, 0.2) is 0 Å². The number of carbonyl (C=O) groups excluding carboxylic acids is 2. The highest BCUT2D eigenvalue weighted by Crippen LogP contribution is 1.88. The number of carbonyl (C=O) groups is 2. The zero-order valence-electron chi connectivity index (χ0n) is 10.3. The van der Waals surface area contributed by atoms with Gasteiger partial charge < -0.3 is 23.7 Å². The van der Waals surface area contributed by atoms with Crippen LogP contribution >= 0.6 is 23.2 Å². The first-order valence-corrected chi connectivity index (χ1v) is 6.26. The standard InChI is InChI=1S/C10H16Cl2O7/c11-9(13)18-7-5-16-3-1-15-2-4-17-6-8-19-10(12)14/h1-8H2. The Hall–Kier alpha value is -0.600. The van der Waals surface area contributed by atoms with Crippen molar-refractivity contribution in [2.24, 2.45) is 0 Å². The fourth-order valence-electron chi connectivity index (χ4n) is 0.904. The molecule has 0 N–H and O–H groups in total. The number of rotatable bonds is 12. The average Bonchev–Trinajstić information content (AvgIpc) is 2.34. The van der Waals surface area contributed by atoms with Gasteiger partial charge in [-0.15, -0.1) is 0 Å². The second-order valence-corrected chi connectivity index (χ2v) is 3.63. The van der Waals surface area contributed by atoms with Crippen LogP contribution in [0.1, 0.15) is 0 Å². The fraction of sp³-hybridized carbons (Fsp3) is 0.800. The molecule has 0 heterocycles. The molecule has 0 aliphatic carbocycles. The predicted octanol–water partition coefficient (Wildman–Crippen LogP) is 1.79. The van der Waals surface area contributed by atoms with E-state index in [1.54, 1.807) is 0 Å². The summed E-state index contributed by atoms with van der Waals surface area (Å²) in [6.45, 7) is 2.32. The Kier molecular flexibility index (Phi) is 13.4. The van der Waals surface area contributed by atoms with Crippen LogP contribution < -0.4 is 0 Å². The Morgan fingerprint density at radius 3 is 1.11 bits per heavy atom. The smallest absolute Gasteiger partial charge is 0.403 e. The molecule has 0 radical (unpaired) electrons. The third kappa shape index (κ3) is 17.4. The van der Waals surface area contributed by atoms with Crippen LogP contribution in [0.25, 0.3) is 0 Å². The minimum atomic E-state index is -0.850. The third-order valence-electron chi connectivity index (χ3n) is 1.63. The van der Waals surface area contributed by atoms with Crippen molar-refractivity contribution in [1.82, 2.24) is 0 Å². The van der Waals surface area contributed by atoms with Crippen LogP contribution in [0.5, 0.6) is 0 Å². The maximum Gasteiger partial charge on any atom is 0.403 e. The summed E-state index contributed by atoms with van der Waals surface area (Å²) in [6.07, 6.45) is 0. The van der Waals surface area contributed by atoms with Crippen molar-refractivity contribution in [2.75, 3.05) is 52.9 Å². The van der Waals surface area contributed by atoms with Gasteiger partial charge in [0.1, 0.15) is 13.2 Å². The summed E-state index contributed by atoms with van der Waals surface area (Å²) in [5.41, 5.74) is -1.70. The van der Waals surface area contributed by atoms with Crippen LogP contribution in [0.2, 0.25) is 0 Å². The van der Waals surface area contributed by atoms with Gasteiger partial charge in [-0.2, -0.15) is 0 Å². The maximum absolute atomic E-state index is 10.2. The molecule has 112 valence electrons. The van der Waals surface area contributed by atoms with E-state index in [9.17, 15) is 9.59 Å². The SMILES string of the molecule is O=C(Cl)OCCOCCOCCOCCOC(=O)Cl. The van der Waals surface area contributed by atoms with E-state index >= 15 is 0 Å². The molecule has 0 fully saturated rings. The Bertz CT molecular complexity index is 226. The van der Waals surface area contributed by atoms with E-state index in [2.05, 4.69) is 9.47 Å². The number of ether oxygens (including phenoxy) is 5. The molecule has 0 bridgehead atoms. The molecular weight excluding hydrogens is 303 g/mol. The van der Waals surface area contributed by atoms with E-state index in [-0.39, 0.29) is 26.4 Å². The highest BCUT2D eigenvalue weighted by Gasteiger charge is 1.96. The van der Waals surface area contributed by atoms with Crippen LogP contribution in [-0.2, 0) is 23.7 Å². The summed E-state index contributed by atoms with van der Waals surface area (Å²) in [5, 5.41) is 0. The summed E-state index contributed by atoms with van der Waals surface area (Å²) in [5.74, 6) is 0. The van der Waals surface area contributed by atoms with Crippen molar-refractivity contribution in [3.8, 4) is 0 Å². The van der Waals surface area contributed by atoms with Crippen LogP contribution in [0, 0.1) is 0 Å². The van der Waals surface area contributed by atoms with E-state index in [0.29, 0.717) is 26.4 Å². The Morgan fingerprint density at radius 2 is 0.842 bits per heavy atom. The number of hydrogen-bond acceptors (Lipinski definition) is 7. The quantitative estimate of drug-likeness (QED) is 0.401. The van der Waals surface area contributed by atoms with E-state index in [0.717, 1.165) is 0 Å². The fourth-order valence-corrected chi connectivity index (χ4v) is 1.06. The summed E-state index contributed by atoms with van der Waals surface area (Å²) in [4.78, 5) is 20.4. The van der Waals surface area contributed by atoms with Crippen molar-refractivity contribution in [2.45, 2.75) is 0 Å². The molecule has 0 aromatic rings. The van der Waals surface area contributed by atoms with Gasteiger partial charge in [-0.25, -0.2) is 9.59 Å². The minimum absolute atomic E-state index is 0.116. The van der Waals surface area contributed by atoms with E-state index in [1.165, 1.54) is 0 Å². The van der Waals surface area contributed by atoms with Gasteiger partial charge in [0, 0.05) is 23.2 Å². The van der Waals surface area contributed by atoms with E-state index in [1.807, 2.05) is 0 Å². The zero-order valence-corrected chi connectivity index (χ0v) is 11.8. The minimum Gasteiger partial charge on any atom is -0.451 e. The zero-order chi connectivity index (χ0) is 14.3. The number of halogens is 2. The topological polar surface area (TPSA) is 80.3 Å². The molecule has 0 atom stereocenters. The van der Waals surface area contributed by atoms with Crippen molar-refractivity contribution in [1.29, 1.82) is 0 Å². The predicted molar refractivity (Wildman–Crippen MR) is 66.9 cm³/mol. The van der Waals surface area contributed by atoms with Crippen LogP contribution in [-0.4, -0.2) is 63.7 Å². The molecule has 0 aliphatic rings. The molecule has 0 aliphatic heterocycles. The summed E-state index contributed by atoms with van der Waals surface area (Å²) >= 11 is 9.88. The number of hydrogen-bond donors (Lipinski definition) is 0. The first-order chi connectivity index (χ1) is 9.13. The van der Waals surface area contributed by atoms with Gasteiger partial charge >= 0.3 is 10.9 Å². The van der Waals surface area contributed by atoms with Gasteiger partial charge in [0.25, 0.3) is 0 Å². The molecule has 0 saturated carbocycles.